The van der Waals surface area contributed by atoms with Gasteiger partial charge in [-0.1, -0.05) is 6.07 Å². The van der Waals surface area contributed by atoms with Gasteiger partial charge in [0.15, 0.2) is 0 Å². The second kappa shape index (κ2) is 6.86. The molecule has 24 heavy (non-hydrogen) atoms. The van der Waals surface area contributed by atoms with Gasteiger partial charge in [0.05, 0.1) is 5.56 Å². The van der Waals surface area contributed by atoms with Gasteiger partial charge in [-0.05, 0) is 39.0 Å². The number of nitrogens with one attached hydrogen (secondary N) is 2. The van der Waals surface area contributed by atoms with E-state index < -0.39 is 17.6 Å². The van der Waals surface area contributed by atoms with Crippen molar-refractivity contribution in [3.8, 4) is 0 Å². The maximum Gasteiger partial charge on any atom is 0.416 e. The molecule has 0 saturated heterocycles. The average Bonchev–Trinajstić information content (AvgIpc) is 2.45. The number of anilines is 2. The molecule has 0 aliphatic rings. The zero-order valence-electron chi connectivity index (χ0n) is 13.4. The van der Waals surface area contributed by atoms with E-state index in [1.165, 1.54) is 18.2 Å². The number of hydrogen-bond donors (Lipinski definition) is 2. The van der Waals surface area contributed by atoms with Crippen molar-refractivity contribution in [2.45, 2.75) is 33.0 Å². The van der Waals surface area contributed by atoms with Crippen LogP contribution in [0, 0.1) is 6.92 Å². The molecule has 0 aliphatic heterocycles. The number of alkyl halides is 3. The number of rotatable bonds is 4. The lowest BCUT2D eigenvalue weighted by Gasteiger charge is -2.12. The highest BCUT2D eigenvalue weighted by Gasteiger charge is 2.30. The summed E-state index contributed by atoms with van der Waals surface area (Å²) in [6, 6.07) is 5.99. The smallest absolute Gasteiger partial charge is 0.368 e. The normalized spacial score (nSPS) is 11.5. The van der Waals surface area contributed by atoms with Gasteiger partial charge >= 0.3 is 6.18 Å². The maximum atomic E-state index is 12.7. The van der Waals surface area contributed by atoms with Gasteiger partial charge in [-0.15, -0.1) is 0 Å². The third kappa shape index (κ3) is 4.68. The fourth-order valence-corrected chi connectivity index (χ4v) is 2.02. The summed E-state index contributed by atoms with van der Waals surface area (Å²) >= 11 is 0. The molecule has 1 heterocycles. The number of carbonyl (C=O) groups is 1. The molecule has 0 aliphatic carbocycles. The van der Waals surface area contributed by atoms with Crippen LogP contribution < -0.4 is 10.6 Å². The number of hydrogen-bond acceptors (Lipinski definition) is 4. The minimum atomic E-state index is -4.47. The number of aryl methyl sites for hydroxylation is 1. The quantitative estimate of drug-likeness (QED) is 0.888. The zero-order chi connectivity index (χ0) is 17.9. The van der Waals surface area contributed by atoms with Gasteiger partial charge in [0.2, 0.25) is 0 Å². The molecule has 5 nitrogen and oxygen atoms in total. The molecule has 1 aromatic heterocycles. The Bertz CT molecular complexity index is 744. The number of amides is 1. The predicted molar refractivity (Wildman–Crippen MR) is 84.9 cm³/mol. The summed E-state index contributed by atoms with van der Waals surface area (Å²) in [5.74, 6) is 0.258. The molecular weight excluding hydrogens is 321 g/mol. The number of benzene rings is 1. The Balaban J connectivity index is 2.22. The van der Waals surface area contributed by atoms with Gasteiger partial charge in [0, 0.05) is 17.8 Å². The minimum Gasteiger partial charge on any atom is -0.368 e. The van der Waals surface area contributed by atoms with Gasteiger partial charge in [-0.25, -0.2) is 9.97 Å². The third-order valence-corrected chi connectivity index (χ3v) is 2.95. The lowest BCUT2D eigenvalue weighted by molar-refractivity contribution is -0.137. The average molecular weight is 338 g/mol. The van der Waals surface area contributed by atoms with Crippen LogP contribution in [0.5, 0.6) is 0 Å². The second-order valence-electron chi connectivity index (χ2n) is 5.52. The fourth-order valence-electron chi connectivity index (χ4n) is 2.02. The molecule has 2 N–H and O–H groups in total. The monoisotopic (exact) mass is 338 g/mol. The Morgan fingerprint density at radius 3 is 2.50 bits per heavy atom. The van der Waals surface area contributed by atoms with E-state index in [-0.39, 0.29) is 17.4 Å². The summed E-state index contributed by atoms with van der Waals surface area (Å²) in [6.45, 7) is 5.46. The van der Waals surface area contributed by atoms with Crippen LogP contribution in [-0.2, 0) is 6.18 Å². The Labute approximate surface area is 137 Å². The molecule has 8 heteroatoms. The largest absolute Gasteiger partial charge is 0.416 e. The van der Waals surface area contributed by atoms with Crippen LogP contribution in [0.25, 0.3) is 0 Å². The maximum absolute atomic E-state index is 12.7. The molecule has 0 bridgehead atoms. The van der Waals surface area contributed by atoms with Crippen molar-refractivity contribution < 1.29 is 18.0 Å². The first-order valence-corrected chi connectivity index (χ1v) is 7.26. The lowest BCUT2D eigenvalue weighted by Crippen LogP contribution is -2.18. The van der Waals surface area contributed by atoms with Crippen LogP contribution in [0.4, 0.5) is 24.7 Å². The predicted octanol–water partition coefficient (Wildman–Crippen LogP) is 3.88. The Hall–Kier alpha value is -2.64. The summed E-state index contributed by atoms with van der Waals surface area (Å²) < 4.78 is 38.1. The highest BCUT2D eigenvalue weighted by Crippen LogP contribution is 2.30. The summed E-state index contributed by atoms with van der Waals surface area (Å²) in [7, 11) is 0. The van der Waals surface area contributed by atoms with Crippen molar-refractivity contribution in [1.29, 1.82) is 0 Å². The van der Waals surface area contributed by atoms with Gasteiger partial charge in [0.1, 0.15) is 17.3 Å². The van der Waals surface area contributed by atoms with E-state index in [1.807, 2.05) is 13.8 Å². The van der Waals surface area contributed by atoms with Crippen molar-refractivity contribution in [3.05, 3.63) is 47.4 Å². The van der Waals surface area contributed by atoms with Crippen LogP contribution >= 0.6 is 0 Å². The van der Waals surface area contributed by atoms with Gasteiger partial charge < -0.3 is 10.6 Å². The van der Waals surface area contributed by atoms with Crippen LogP contribution in [-0.4, -0.2) is 21.9 Å². The molecule has 2 aromatic rings. The highest BCUT2D eigenvalue weighted by molar-refractivity contribution is 6.03. The van der Waals surface area contributed by atoms with E-state index >= 15 is 0 Å². The van der Waals surface area contributed by atoms with Crippen molar-refractivity contribution in [3.63, 3.8) is 0 Å². The van der Waals surface area contributed by atoms with Gasteiger partial charge in [-0.2, -0.15) is 13.2 Å². The molecule has 0 atom stereocenters. The van der Waals surface area contributed by atoms with E-state index in [4.69, 9.17) is 0 Å². The van der Waals surface area contributed by atoms with E-state index in [0.717, 1.165) is 12.1 Å². The summed E-state index contributed by atoms with van der Waals surface area (Å²) in [6.07, 6.45) is -4.47. The molecular formula is C16H17F3N4O. The van der Waals surface area contributed by atoms with Crippen molar-refractivity contribution in [2.24, 2.45) is 0 Å². The summed E-state index contributed by atoms with van der Waals surface area (Å²) in [5, 5.41) is 5.48. The fraction of sp³-hybridized carbons (Fsp3) is 0.312. The Kier molecular flexibility index (Phi) is 5.06. The molecule has 1 aromatic carbocycles. The number of carbonyl (C=O) groups excluding carboxylic acids is 1. The van der Waals surface area contributed by atoms with Crippen LogP contribution in [0.15, 0.2) is 30.3 Å². The number of halogens is 3. The Morgan fingerprint density at radius 2 is 1.88 bits per heavy atom. The van der Waals surface area contributed by atoms with Crippen LogP contribution in [0.2, 0.25) is 0 Å². The Morgan fingerprint density at radius 1 is 1.17 bits per heavy atom. The molecule has 1 amide bonds. The van der Waals surface area contributed by atoms with E-state index in [0.29, 0.717) is 11.6 Å². The number of aromatic nitrogens is 2. The lowest BCUT2D eigenvalue weighted by atomic mass is 10.2. The zero-order valence-corrected chi connectivity index (χ0v) is 13.4. The molecule has 0 spiro atoms. The molecule has 128 valence electrons. The first-order chi connectivity index (χ1) is 11.1. The third-order valence-electron chi connectivity index (χ3n) is 2.95. The molecule has 0 radical (unpaired) electrons. The van der Waals surface area contributed by atoms with Crippen molar-refractivity contribution >= 4 is 17.4 Å². The van der Waals surface area contributed by atoms with E-state index in [1.54, 1.807) is 6.92 Å². The van der Waals surface area contributed by atoms with Crippen molar-refractivity contribution in [2.75, 3.05) is 10.6 Å². The highest BCUT2D eigenvalue weighted by atomic mass is 19.4. The first-order valence-electron chi connectivity index (χ1n) is 7.26. The minimum absolute atomic E-state index is 0.0458. The van der Waals surface area contributed by atoms with Gasteiger partial charge in [-0.3, -0.25) is 4.79 Å². The first kappa shape index (κ1) is 17.7. The van der Waals surface area contributed by atoms with E-state index in [9.17, 15) is 18.0 Å². The topological polar surface area (TPSA) is 66.9 Å². The van der Waals surface area contributed by atoms with E-state index in [2.05, 4.69) is 20.6 Å². The molecule has 0 saturated carbocycles. The summed E-state index contributed by atoms with van der Waals surface area (Å²) in [5.41, 5.74) is -0.714. The van der Waals surface area contributed by atoms with Crippen LogP contribution in [0.3, 0.4) is 0 Å². The van der Waals surface area contributed by atoms with Crippen molar-refractivity contribution in [1.82, 2.24) is 9.97 Å². The summed E-state index contributed by atoms with van der Waals surface area (Å²) in [4.78, 5) is 20.4. The standard InChI is InChI=1S/C16H17F3N4O/c1-9(2)20-14-8-13(21-10(3)22-14)15(24)23-12-6-4-5-11(7-12)16(17,18)19/h4-9H,1-3H3,(H,23,24)(H,20,21,22). The molecule has 2 rings (SSSR count). The van der Waals surface area contributed by atoms with Gasteiger partial charge in [0.25, 0.3) is 5.91 Å². The number of nitrogens with zero attached hydrogens (tertiary/aromatic N) is 2. The molecule has 0 fully saturated rings. The molecule has 0 unspecified atom stereocenters. The second-order valence-corrected chi connectivity index (χ2v) is 5.52. The SMILES string of the molecule is Cc1nc(NC(C)C)cc(C(=O)Nc2cccc(C(F)(F)F)c2)n1. The van der Waals surface area contributed by atoms with Crippen LogP contribution in [0.1, 0.15) is 35.7 Å².